The van der Waals surface area contributed by atoms with Gasteiger partial charge in [-0.1, -0.05) is 28.1 Å². The summed E-state index contributed by atoms with van der Waals surface area (Å²) in [6, 6.07) is 10.6. The van der Waals surface area contributed by atoms with Crippen molar-refractivity contribution in [3.63, 3.8) is 0 Å². The van der Waals surface area contributed by atoms with Crippen molar-refractivity contribution in [3.05, 3.63) is 51.1 Å². The number of sulfonamides is 1. The molecule has 2 rings (SSSR count). The Balaban J connectivity index is 2.29. The number of nitrogens with zero attached hydrogens (tertiary/aromatic N) is 1. The second-order valence-corrected chi connectivity index (χ2v) is 8.25. The second-order valence-electron chi connectivity index (χ2n) is 4.37. The summed E-state index contributed by atoms with van der Waals surface area (Å²) in [5.74, 6) is 0. The van der Waals surface area contributed by atoms with E-state index in [9.17, 15) is 8.42 Å². The predicted molar refractivity (Wildman–Crippen MR) is 87.9 cm³/mol. The monoisotopic (exact) mass is 389 g/mol. The van der Waals surface area contributed by atoms with Gasteiger partial charge in [0.15, 0.2) is 0 Å². The van der Waals surface area contributed by atoms with Crippen LogP contribution in [0.4, 0.5) is 0 Å². The van der Waals surface area contributed by atoms with Gasteiger partial charge < -0.3 is 4.74 Å². The van der Waals surface area contributed by atoms with Crippen LogP contribution in [0.15, 0.2) is 51.1 Å². The van der Waals surface area contributed by atoms with Crippen LogP contribution < -0.4 is 0 Å². The fraction of sp³-hybridized carbons (Fsp3) is 0.286. The first-order chi connectivity index (χ1) is 10.0. The lowest BCUT2D eigenvalue weighted by molar-refractivity contribution is 0.177. The summed E-state index contributed by atoms with van der Waals surface area (Å²) in [5.41, 5.74) is 0. The average molecular weight is 390 g/mol. The van der Waals surface area contributed by atoms with Crippen molar-refractivity contribution < 1.29 is 13.2 Å². The highest BCUT2D eigenvalue weighted by molar-refractivity contribution is 9.10. The maximum absolute atomic E-state index is 12.8. The molecule has 2 aromatic rings. The van der Waals surface area contributed by atoms with Gasteiger partial charge in [0, 0.05) is 29.5 Å². The molecule has 0 saturated heterocycles. The highest BCUT2D eigenvalue weighted by Gasteiger charge is 2.24. The number of ether oxygens (including phenoxy) is 1. The zero-order valence-corrected chi connectivity index (χ0v) is 14.7. The van der Waals surface area contributed by atoms with Crippen LogP contribution in [0.25, 0.3) is 0 Å². The number of halogens is 1. The Hall–Kier alpha value is -0.730. The molecule has 0 aliphatic rings. The van der Waals surface area contributed by atoms with Gasteiger partial charge in [-0.05, 0) is 29.6 Å². The Morgan fingerprint density at radius 2 is 2.10 bits per heavy atom. The molecule has 0 unspecified atom stereocenters. The van der Waals surface area contributed by atoms with Gasteiger partial charge in [-0.3, -0.25) is 0 Å². The van der Waals surface area contributed by atoms with Crippen LogP contribution in [0.5, 0.6) is 0 Å². The van der Waals surface area contributed by atoms with Crippen LogP contribution in [0.1, 0.15) is 4.88 Å². The highest BCUT2D eigenvalue weighted by atomic mass is 79.9. The van der Waals surface area contributed by atoms with Crippen molar-refractivity contribution in [1.82, 2.24) is 4.31 Å². The molecule has 0 N–H and O–H groups in total. The van der Waals surface area contributed by atoms with Gasteiger partial charge in [0.2, 0.25) is 10.0 Å². The summed E-state index contributed by atoms with van der Waals surface area (Å²) in [6.45, 7) is 1.04. The van der Waals surface area contributed by atoms with Gasteiger partial charge >= 0.3 is 0 Å². The Morgan fingerprint density at radius 3 is 2.71 bits per heavy atom. The zero-order chi connectivity index (χ0) is 15.3. The lowest BCUT2D eigenvalue weighted by atomic mass is 10.4. The van der Waals surface area contributed by atoms with Gasteiger partial charge in [0.25, 0.3) is 0 Å². The molecular weight excluding hydrogens is 374 g/mol. The number of rotatable bonds is 7. The predicted octanol–water partition coefficient (Wildman–Crippen LogP) is 3.35. The maximum atomic E-state index is 12.8. The number of methoxy groups -OCH3 is 1. The second kappa shape index (κ2) is 7.51. The van der Waals surface area contributed by atoms with Crippen molar-refractivity contribution in [2.45, 2.75) is 11.4 Å². The zero-order valence-electron chi connectivity index (χ0n) is 11.5. The lowest BCUT2D eigenvalue weighted by Gasteiger charge is -2.21. The van der Waals surface area contributed by atoms with E-state index >= 15 is 0 Å². The molecule has 1 heterocycles. The van der Waals surface area contributed by atoms with Crippen molar-refractivity contribution in [3.8, 4) is 0 Å². The Bertz CT molecular complexity index is 671. The molecule has 1 aromatic heterocycles. The summed E-state index contributed by atoms with van der Waals surface area (Å²) < 4.78 is 32.8. The van der Waals surface area contributed by atoms with E-state index in [0.717, 1.165) is 9.35 Å². The van der Waals surface area contributed by atoms with Crippen LogP contribution in [0.3, 0.4) is 0 Å². The quantitative estimate of drug-likeness (QED) is 0.729. The van der Waals surface area contributed by atoms with Gasteiger partial charge in [-0.15, -0.1) is 11.3 Å². The van der Waals surface area contributed by atoms with E-state index in [0.29, 0.717) is 19.7 Å². The number of hydrogen-bond acceptors (Lipinski definition) is 4. The van der Waals surface area contributed by atoms with Crippen LogP contribution in [-0.4, -0.2) is 33.0 Å². The van der Waals surface area contributed by atoms with Gasteiger partial charge in [0.1, 0.15) is 0 Å². The first kappa shape index (κ1) is 16.6. The SMILES string of the molecule is COCCN(Cc1cccs1)S(=O)(=O)c1cccc(Br)c1. The molecule has 0 bridgehead atoms. The topological polar surface area (TPSA) is 46.6 Å². The first-order valence-electron chi connectivity index (χ1n) is 6.31. The summed E-state index contributed by atoms with van der Waals surface area (Å²) in [7, 11) is -1.98. The smallest absolute Gasteiger partial charge is 0.243 e. The molecule has 0 saturated carbocycles. The third kappa shape index (κ3) is 4.37. The van der Waals surface area contributed by atoms with E-state index < -0.39 is 10.0 Å². The van der Waals surface area contributed by atoms with Crippen LogP contribution in [0.2, 0.25) is 0 Å². The van der Waals surface area contributed by atoms with Crippen molar-refractivity contribution in [1.29, 1.82) is 0 Å². The molecule has 0 radical (unpaired) electrons. The van der Waals surface area contributed by atoms with Crippen molar-refractivity contribution in [2.75, 3.05) is 20.3 Å². The average Bonchev–Trinajstić information content (AvgIpc) is 2.96. The van der Waals surface area contributed by atoms with Crippen molar-refractivity contribution >= 4 is 37.3 Å². The van der Waals surface area contributed by atoms with E-state index in [-0.39, 0.29) is 4.90 Å². The fourth-order valence-electron chi connectivity index (χ4n) is 1.83. The molecule has 0 aliphatic carbocycles. The Labute approximate surface area is 137 Å². The molecule has 0 atom stereocenters. The molecule has 21 heavy (non-hydrogen) atoms. The molecule has 0 amide bonds. The lowest BCUT2D eigenvalue weighted by Crippen LogP contribution is -2.33. The minimum absolute atomic E-state index is 0.282. The number of hydrogen-bond donors (Lipinski definition) is 0. The maximum Gasteiger partial charge on any atom is 0.243 e. The van der Waals surface area contributed by atoms with Crippen LogP contribution in [0, 0.1) is 0 Å². The minimum atomic E-state index is -3.54. The van der Waals surface area contributed by atoms with Crippen molar-refractivity contribution in [2.24, 2.45) is 0 Å². The fourth-order valence-corrected chi connectivity index (χ4v) is 4.63. The molecule has 0 aliphatic heterocycles. The number of thiophene rings is 1. The minimum Gasteiger partial charge on any atom is -0.383 e. The first-order valence-corrected chi connectivity index (χ1v) is 9.42. The van der Waals surface area contributed by atoms with Gasteiger partial charge in [0.05, 0.1) is 11.5 Å². The Morgan fingerprint density at radius 1 is 1.29 bits per heavy atom. The van der Waals surface area contributed by atoms with E-state index in [1.807, 2.05) is 17.5 Å². The van der Waals surface area contributed by atoms with Crippen LogP contribution in [-0.2, 0) is 21.3 Å². The van der Waals surface area contributed by atoms with E-state index in [2.05, 4.69) is 15.9 Å². The van der Waals surface area contributed by atoms with E-state index in [4.69, 9.17) is 4.74 Å². The molecule has 0 spiro atoms. The number of benzene rings is 1. The van der Waals surface area contributed by atoms with E-state index in [1.54, 1.807) is 42.7 Å². The largest absolute Gasteiger partial charge is 0.383 e. The van der Waals surface area contributed by atoms with Gasteiger partial charge in [-0.2, -0.15) is 4.31 Å². The normalized spacial score (nSPS) is 12.0. The summed E-state index contributed by atoms with van der Waals surface area (Å²) in [5, 5.41) is 1.94. The molecule has 4 nitrogen and oxygen atoms in total. The summed E-state index contributed by atoms with van der Waals surface area (Å²) in [4.78, 5) is 1.29. The summed E-state index contributed by atoms with van der Waals surface area (Å²) in [6.07, 6.45) is 0. The highest BCUT2D eigenvalue weighted by Crippen LogP contribution is 2.22. The van der Waals surface area contributed by atoms with Gasteiger partial charge in [-0.25, -0.2) is 8.42 Å². The molecular formula is C14H16BrNO3S2. The molecule has 1 aromatic carbocycles. The Kier molecular flexibility index (Phi) is 5.95. The van der Waals surface area contributed by atoms with Crippen LogP contribution >= 0.6 is 27.3 Å². The van der Waals surface area contributed by atoms with E-state index in [1.165, 1.54) is 4.31 Å². The molecule has 114 valence electrons. The molecule has 0 fully saturated rings. The summed E-state index contributed by atoms with van der Waals surface area (Å²) >= 11 is 4.85. The molecule has 7 heteroatoms. The third-order valence-electron chi connectivity index (χ3n) is 2.89. The standard InChI is InChI=1S/C14H16BrNO3S2/c1-19-8-7-16(11-13-5-3-9-20-13)21(17,18)14-6-2-4-12(15)10-14/h2-6,9-10H,7-8,11H2,1H3. The third-order valence-corrected chi connectivity index (χ3v) is 6.09.